The highest BCUT2D eigenvalue weighted by molar-refractivity contribution is 6.19. The first-order chi connectivity index (χ1) is 5.75. The van der Waals surface area contributed by atoms with Gasteiger partial charge in [0.15, 0.2) is 5.78 Å². The maximum Gasteiger partial charge on any atom is 0.159 e. The number of carbonyl (C=O) groups is 1. The molecule has 1 rings (SSSR count). The molecule has 0 spiro atoms. The van der Waals surface area contributed by atoms with Crippen LogP contribution in [0.3, 0.4) is 0 Å². The molecule has 2 nitrogen and oxygen atoms in total. The third kappa shape index (κ3) is 1.72. The second kappa shape index (κ2) is 3.72. The van der Waals surface area contributed by atoms with Gasteiger partial charge >= 0.3 is 0 Å². The van der Waals surface area contributed by atoms with Crippen LogP contribution in [0.15, 0.2) is 36.6 Å². The molecule has 0 aliphatic heterocycles. The van der Waals surface area contributed by atoms with E-state index in [1.165, 1.54) is 6.92 Å². The van der Waals surface area contributed by atoms with Crippen molar-refractivity contribution >= 4 is 11.4 Å². The summed E-state index contributed by atoms with van der Waals surface area (Å²) in [6, 6.07) is 8.91. The Morgan fingerprint density at radius 3 is 2.33 bits per heavy atom. The van der Waals surface area contributed by atoms with Gasteiger partial charge in [0.25, 0.3) is 0 Å². The predicted molar refractivity (Wildman–Crippen MR) is 45.1 cm³/mol. The number of hydrogen-bond donors (Lipinski definition) is 0. The second-order valence-electron chi connectivity index (χ2n) is 2.45. The number of allylic oxidation sites excluding steroid dienone is 1. The van der Waals surface area contributed by atoms with Gasteiger partial charge in [-0.05, 0) is 12.5 Å². The number of benzene rings is 1. The molecule has 1 aromatic carbocycles. The standard InChI is InChI=1S/C10H10O2/c1-8(12)10(7-11)9-5-3-2-4-6-9/h2-7,11H,1H3/p-1. The molecule has 0 unspecified atom stereocenters. The molecule has 0 aliphatic carbocycles. The Hall–Kier alpha value is -1.57. The number of carbonyl (C=O) groups excluding carboxylic acids is 1. The van der Waals surface area contributed by atoms with Crippen LogP contribution in [0.1, 0.15) is 12.5 Å². The predicted octanol–water partition coefficient (Wildman–Crippen LogP) is 0.977. The number of Topliss-reactive ketones (excluding diaryl/α,β-unsaturated/α-hetero) is 1. The molecule has 0 amide bonds. The zero-order valence-corrected chi connectivity index (χ0v) is 6.78. The summed E-state index contributed by atoms with van der Waals surface area (Å²) in [5.74, 6) is -0.198. The maximum absolute atomic E-state index is 10.9. The third-order valence-corrected chi connectivity index (χ3v) is 1.58. The first kappa shape index (κ1) is 8.53. The molecule has 12 heavy (non-hydrogen) atoms. The zero-order valence-electron chi connectivity index (χ0n) is 6.78. The van der Waals surface area contributed by atoms with Crippen molar-refractivity contribution in [3.05, 3.63) is 42.2 Å². The Morgan fingerprint density at radius 1 is 1.33 bits per heavy atom. The first-order valence-corrected chi connectivity index (χ1v) is 3.64. The lowest BCUT2D eigenvalue weighted by atomic mass is 10.0. The number of hydrogen-bond acceptors (Lipinski definition) is 2. The van der Waals surface area contributed by atoms with Crippen molar-refractivity contribution in [1.82, 2.24) is 0 Å². The summed E-state index contributed by atoms with van der Waals surface area (Å²) in [6.45, 7) is 1.39. The summed E-state index contributed by atoms with van der Waals surface area (Å²) in [7, 11) is 0. The fraction of sp³-hybridized carbons (Fsp3) is 0.100. The molecular formula is C10H9O2-. The summed E-state index contributed by atoms with van der Waals surface area (Å²) in [6.07, 6.45) is 0.595. The van der Waals surface area contributed by atoms with Crippen LogP contribution in [0.2, 0.25) is 0 Å². The van der Waals surface area contributed by atoms with Crippen LogP contribution < -0.4 is 5.11 Å². The lowest BCUT2D eigenvalue weighted by molar-refractivity contribution is -0.273. The van der Waals surface area contributed by atoms with Gasteiger partial charge in [0.1, 0.15) is 0 Å². The number of ketones is 1. The van der Waals surface area contributed by atoms with Gasteiger partial charge in [0.2, 0.25) is 0 Å². The highest BCUT2D eigenvalue weighted by Crippen LogP contribution is 2.12. The van der Waals surface area contributed by atoms with Crippen molar-refractivity contribution in [1.29, 1.82) is 0 Å². The van der Waals surface area contributed by atoms with Gasteiger partial charge in [-0.25, -0.2) is 0 Å². The Morgan fingerprint density at radius 2 is 1.92 bits per heavy atom. The molecule has 0 radical (unpaired) electrons. The van der Waals surface area contributed by atoms with Crippen LogP contribution >= 0.6 is 0 Å². The summed E-state index contributed by atoms with van der Waals surface area (Å²) >= 11 is 0. The second-order valence-corrected chi connectivity index (χ2v) is 2.45. The van der Waals surface area contributed by atoms with Crippen molar-refractivity contribution < 1.29 is 9.90 Å². The van der Waals surface area contributed by atoms with Gasteiger partial charge in [0, 0.05) is 5.57 Å². The summed E-state index contributed by atoms with van der Waals surface area (Å²) in [5.41, 5.74) is 0.913. The monoisotopic (exact) mass is 161 g/mol. The van der Waals surface area contributed by atoms with E-state index in [9.17, 15) is 9.90 Å². The van der Waals surface area contributed by atoms with E-state index in [4.69, 9.17) is 0 Å². The van der Waals surface area contributed by atoms with Crippen molar-refractivity contribution in [3.8, 4) is 0 Å². The summed E-state index contributed by atoms with van der Waals surface area (Å²) in [4.78, 5) is 10.9. The van der Waals surface area contributed by atoms with Crippen molar-refractivity contribution in [3.63, 3.8) is 0 Å². The Bertz CT molecular complexity index is 299. The molecule has 62 valence electrons. The molecule has 0 N–H and O–H groups in total. The lowest BCUT2D eigenvalue weighted by Crippen LogP contribution is -2.00. The Labute approximate surface area is 71.2 Å². The van der Waals surface area contributed by atoms with Crippen LogP contribution in [0.5, 0.6) is 0 Å². The zero-order chi connectivity index (χ0) is 8.97. The van der Waals surface area contributed by atoms with Crippen LogP contribution in [0, 0.1) is 0 Å². The van der Waals surface area contributed by atoms with Crippen LogP contribution in [-0.4, -0.2) is 5.78 Å². The molecular weight excluding hydrogens is 152 g/mol. The molecule has 1 aromatic rings. The Balaban J connectivity index is 3.05. The van der Waals surface area contributed by atoms with Gasteiger partial charge in [-0.1, -0.05) is 30.3 Å². The fourth-order valence-corrected chi connectivity index (χ4v) is 0.972. The molecule has 0 fully saturated rings. The van der Waals surface area contributed by atoms with Gasteiger partial charge in [-0.15, -0.1) is 6.26 Å². The smallest absolute Gasteiger partial charge is 0.159 e. The highest BCUT2D eigenvalue weighted by Gasteiger charge is 2.01. The van der Waals surface area contributed by atoms with Crippen LogP contribution in [-0.2, 0) is 4.79 Å². The topological polar surface area (TPSA) is 40.1 Å². The fourth-order valence-electron chi connectivity index (χ4n) is 0.972. The SMILES string of the molecule is CC(=O)C(=C[O-])c1ccccc1. The highest BCUT2D eigenvalue weighted by atomic mass is 16.2. The minimum absolute atomic E-state index is 0.198. The number of rotatable bonds is 2. The largest absolute Gasteiger partial charge is 0.877 e. The van der Waals surface area contributed by atoms with Crippen LogP contribution in [0.25, 0.3) is 5.57 Å². The van der Waals surface area contributed by atoms with Gasteiger partial charge in [0.05, 0.1) is 0 Å². The van der Waals surface area contributed by atoms with E-state index in [0.29, 0.717) is 11.8 Å². The van der Waals surface area contributed by atoms with Crippen molar-refractivity contribution in [2.75, 3.05) is 0 Å². The molecule has 0 heterocycles. The molecule has 0 saturated heterocycles. The van der Waals surface area contributed by atoms with E-state index in [1.807, 2.05) is 6.07 Å². The normalized spacial score (nSPS) is 11.2. The lowest BCUT2D eigenvalue weighted by Gasteiger charge is -2.05. The molecule has 0 atom stereocenters. The van der Waals surface area contributed by atoms with E-state index in [-0.39, 0.29) is 11.4 Å². The quantitative estimate of drug-likeness (QED) is 0.479. The van der Waals surface area contributed by atoms with E-state index in [0.717, 1.165) is 0 Å². The van der Waals surface area contributed by atoms with E-state index >= 15 is 0 Å². The first-order valence-electron chi connectivity index (χ1n) is 3.64. The van der Waals surface area contributed by atoms with E-state index in [2.05, 4.69) is 0 Å². The summed E-state index contributed by atoms with van der Waals surface area (Å²) in [5, 5.41) is 10.5. The van der Waals surface area contributed by atoms with Crippen molar-refractivity contribution in [2.45, 2.75) is 6.92 Å². The molecule has 0 saturated carbocycles. The van der Waals surface area contributed by atoms with Crippen LogP contribution in [0.4, 0.5) is 0 Å². The molecule has 0 bridgehead atoms. The molecule has 0 aromatic heterocycles. The van der Waals surface area contributed by atoms with Gasteiger partial charge in [-0.2, -0.15) is 0 Å². The average molecular weight is 161 g/mol. The van der Waals surface area contributed by atoms with Gasteiger partial charge < -0.3 is 5.11 Å². The third-order valence-electron chi connectivity index (χ3n) is 1.58. The van der Waals surface area contributed by atoms with E-state index < -0.39 is 0 Å². The molecule has 2 heteroatoms. The molecule has 0 aliphatic rings. The van der Waals surface area contributed by atoms with Gasteiger partial charge in [-0.3, -0.25) is 4.79 Å². The average Bonchev–Trinajstić information content (AvgIpc) is 2.07. The minimum Gasteiger partial charge on any atom is -0.877 e. The van der Waals surface area contributed by atoms with Crippen molar-refractivity contribution in [2.24, 2.45) is 0 Å². The minimum atomic E-state index is -0.198. The van der Waals surface area contributed by atoms with E-state index in [1.54, 1.807) is 24.3 Å². The Kier molecular flexibility index (Phi) is 2.64. The summed E-state index contributed by atoms with van der Waals surface area (Å²) < 4.78 is 0. The maximum atomic E-state index is 10.9.